The van der Waals surface area contributed by atoms with Crippen molar-refractivity contribution in [3.05, 3.63) is 0 Å². The lowest BCUT2D eigenvalue weighted by molar-refractivity contribution is -0.138. The zero-order valence-corrected chi connectivity index (χ0v) is 68.3. The van der Waals surface area contributed by atoms with Crippen molar-refractivity contribution in [2.75, 3.05) is 0 Å². The van der Waals surface area contributed by atoms with Crippen LogP contribution in [0.4, 0.5) is 0 Å². The highest BCUT2D eigenvalue weighted by Crippen LogP contribution is 2.20. The Morgan fingerprint density at radius 1 is 0.120 bits per heavy atom. The lowest BCUT2D eigenvalue weighted by Crippen LogP contribution is -1.93. The van der Waals surface area contributed by atoms with Crippen LogP contribution in [0.25, 0.3) is 0 Å². The average molecular weight is 1420 g/mol. The van der Waals surface area contributed by atoms with Gasteiger partial charge in [-0.2, -0.15) is 0 Å². The van der Waals surface area contributed by atoms with Crippen molar-refractivity contribution in [3.8, 4) is 0 Å². The van der Waals surface area contributed by atoms with Gasteiger partial charge in [0.2, 0.25) is 0 Å². The van der Waals surface area contributed by atoms with E-state index in [1.807, 2.05) is 0 Å². The monoisotopic (exact) mass is 1420 g/mol. The van der Waals surface area contributed by atoms with Crippen LogP contribution in [0.3, 0.4) is 0 Å². The minimum atomic E-state index is -0.657. The highest BCUT2D eigenvalue weighted by Gasteiger charge is 2.03. The fourth-order valence-corrected chi connectivity index (χ4v) is 13.2. The summed E-state index contributed by atoms with van der Waals surface area (Å²) >= 11 is 0. The largest absolute Gasteiger partial charge is 0.481 e. The van der Waals surface area contributed by atoms with Crippen molar-refractivity contribution >= 4 is 29.8 Å². The molecule has 0 aliphatic heterocycles. The fourth-order valence-electron chi connectivity index (χ4n) is 13.2. The molecule has 0 aromatic rings. The minimum Gasteiger partial charge on any atom is -0.481 e. The maximum Gasteiger partial charge on any atom is 0.303 e. The van der Waals surface area contributed by atoms with Crippen molar-refractivity contribution in [3.63, 3.8) is 0 Å². The second-order valence-electron chi connectivity index (χ2n) is 30.5. The second-order valence-corrected chi connectivity index (χ2v) is 30.5. The quantitative estimate of drug-likeness (QED) is 0.0367. The molecule has 0 atom stereocenters. The molecule has 0 heterocycles. The van der Waals surface area contributed by atoms with Gasteiger partial charge >= 0.3 is 29.8 Å². The van der Waals surface area contributed by atoms with Gasteiger partial charge in [-0.3, -0.25) is 24.0 Å². The van der Waals surface area contributed by atoms with E-state index in [2.05, 4.69) is 34.6 Å². The maximum absolute atomic E-state index is 10.4. The van der Waals surface area contributed by atoms with E-state index in [4.69, 9.17) is 25.5 Å². The number of aliphatic carboxylic acids is 5. The van der Waals surface area contributed by atoms with E-state index in [0.29, 0.717) is 32.1 Å². The van der Waals surface area contributed by atoms with Gasteiger partial charge in [0.25, 0.3) is 0 Å². The Morgan fingerprint density at radius 2 is 0.180 bits per heavy atom. The minimum absolute atomic E-state index is 0.344. The van der Waals surface area contributed by atoms with Gasteiger partial charge in [-0.15, -0.1) is 0 Å². The molecule has 0 aliphatic carbocycles. The van der Waals surface area contributed by atoms with Crippen LogP contribution < -0.4 is 0 Å². The molecule has 100 heavy (non-hydrogen) atoms. The molecule has 0 saturated carbocycles. The van der Waals surface area contributed by atoms with E-state index in [0.717, 1.165) is 64.2 Å². The molecule has 0 radical (unpaired) electrons. The number of hydrogen-bond acceptors (Lipinski definition) is 5. The summed E-state index contributed by atoms with van der Waals surface area (Å²) in [5.74, 6) is -3.27. The highest BCUT2D eigenvalue weighted by atomic mass is 16.4. The molecule has 0 aromatic heterocycles. The summed E-state index contributed by atoms with van der Waals surface area (Å²) in [6.45, 7) is 11.3. The molecule has 10 nitrogen and oxygen atoms in total. The van der Waals surface area contributed by atoms with E-state index in [1.165, 1.54) is 417 Å². The maximum atomic E-state index is 10.4. The molecule has 0 unspecified atom stereocenters. The van der Waals surface area contributed by atoms with Gasteiger partial charge in [-0.05, 0) is 32.1 Å². The summed E-state index contributed by atoms with van der Waals surface area (Å²) in [6.07, 6.45) is 101. The van der Waals surface area contributed by atoms with Gasteiger partial charge in [-0.1, -0.05) is 484 Å². The van der Waals surface area contributed by atoms with E-state index in [9.17, 15) is 24.0 Å². The van der Waals surface area contributed by atoms with Crippen molar-refractivity contribution in [1.29, 1.82) is 0 Å². The molecule has 0 bridgehead atoms. The third-order valence-corrected chi connectivity index (χ3v) is 20.0. The van der Waals surface area contributed by atoms with Crippen molar-refractivity contribution in [1.82, 2.24) is 0 Å². The topological polar surface area (TPSA) is 186 Å². The van der Waals surface area contributed by atoms with Gasteiger partial charge in [0.1, 0.15) is 0 Å². The molecular formula is C90H180O10. The first-order chi connectivity index (χ1) is 48.9. The SMILES string of the molecule is CCCCCCCCCCCCCC(=O)O.CCCCCCCCCCCCCCCC(=O)O.CCCCCCCCCCCCCCCCCC(=O)O.CCCCCCCCCCCCCCCCCCCC(=O)O.CCCCCCCCCCCCCCCCCCCCCC(=O)O. The summed E-state index contributed by atoms with van der Waals surface area (Å²) < 4.78 is 0. The number of carboxylic acids is 5. The molecule has 0 rings (SSSR count). The first-order valence-electron chi connectivity index (χ1n) is 44.9. The van der Waals surface area contributed by atoms with Gasteiger partial charge in [-0.25, -0.2) is 0 Å². The summed E-state index contributed by atoms with van der Waals surface area (Å²) in [4.78, 5) is 51.6. The Bertz CT molecular complexity index is 1520. The van der Waals surface area contributed by atoms with Crippen LogP contribution in [0, 0.1) is 0 Å². The molecule has 0 amide bonds. The molecule has 600 valence electrons. The number of hydrogen-bond donors (Lipinski definition) is 5. The molecule has 0 fully saturated rings. The van der Waals surface area contributed by atoms with Crippen molar-refractivity contribution < 1.29 is 49.5 Å². The van der Waals surface area contributed by atoms with Crippen LogP contribution in [-0.2, 0) is 24.0 Å². The fraction of sp³-hybridized carbons (Fsp3) is 0.944. The smallest absolute Gasteiger partial charge is 0.303 e. The molecule has 0 spiro atoms. The predicted octanol–water partition coefficient (Wildman–Crippen LogP) is 31.7. The Balaban J connectivity index is -0.000000378. The predicted molar refractivity (Wildman–Crippen MR) is 436 cm³/mol. The first-order valence-corrected chi connectivity index (χ1v) is 44.9. The zero-order chi connectivity index (χ0) is 74.5. The number of unbranched alkanes of at least 4 members (excludes halogenated alkanes) is 70. The normalized spacial score (nSPS) is 10.8. The second kappa shape index (κ2) is 103. The van der Waals surface area contributed by atoms with E-state index >= 15 is 0 Å². The van der Waals surface area contributed by atoms with E-state index in [-0.39, 0.29) is 0 Å². The number of rotatable bonds is 80. The molecule has 0 aromatic carbocycles. The lowest BCUT2D eigenvalue weighted by Gasteiger charge is -2.03. The third kappa shape index (κ3) is 125. The van der Waals surface area contributed by atoms with Crippen molar-refractivity contribution in [2.24, 2.45) is 0 Å². The summed E-state index contributed by atoms with van der Waals surface area (Å²) in [5.41, 5.74) is 0. The number of carbonyl (C=O) groups is 5. The Labute approximate surface area is 624 Å². The third-order valence-electron chi connectivity index (χ3n) is 20.0. The van der Waals surface area contributed by atoms with Crippen LogP contribution in [-0.4, -0.2) is 55.4 Å². The summed E-state index contributed by atoms with van der Waals surface area (Å²) in [5, 5.41) is 42.6. The standard InChI is InChI=1S/C22H44O2.C20H40O2.C18H36O2.C16H32O2.C14H28O2/c1-2-3-4-5-6-7-8-9-10-11-12-13-14-15-16-17-18-19-20-21-22(23)24;1-2-3-4-5-6-7-8-9-10-11-12-13-14-15-16-17-18-19-20(21)22;1-2-3-4-5-6-7-8-9-10-11-12-13-14-15-16-17-18(19)20;1-2-3-4-5-6-7-8-9-10-11-12-13-14-15-16(17)18;1-2-3-4-5-6-7-8-9-10-11-12-13-14(15)16/h2-21H2,1H3,(H,23,24);2-19H2,1H3,(H,21,22);2-17H2,1H3,(H,19,20);2-15H2,1H3,(H,17,18);2-13H2,1H3,(H,15,16). The molecule has 0 aliphatic rings. The van der Waals surface area contributed by atoms with Crippen LogP contribution >= 0.6 is 0 Å². The van der Waals surface area contributed by atoms with Crippen LogP contribution in [0.15, 0.2) is 0 Å². The van der Waals surface area contributed by atoms with E-state index < -0.39 is 29.8 Å². The molecular weight excluding hydrogens is 1240 g/mol. The Morgan fingerprint density at radius 3 is 0.240 bits per heavy atom. The van der Waals surface area contributed by atoms with Crippen LogP contribution in [0.5, 0.6) is 0 Å². The van der Waals surface area contributed by atoms with E-state index in [1.54, 1.807) is 0 Å². The Kier molecular flexibility index (Phi) is 109. The van der Waals surface area contributed by atoms with Crippen LogP contribution in [0.2, 0.25) is 0 Å². The molecule has 10 heteroatoms. The average Bonchev–Trinajstić information content (AvgIpc) is 3.60. The zero-order valence-electron chi connectivity index (χ0n) is 68.3. The molecule has 0 saturated heterocycles. The summed E-state index contributed by atoms with van der Waals surface area (Å²) in [7, 11) is 0. The number of carboxylic acid groups (broad SMARTS) is 5. The first kappa shape index (κ1) is 106. The van der Waals surface area contributed by atoms with Gasteiger partial charge in [0.05, 0.1) is 0 Å². The van der Waals surface area contributed by atoms with Gasteiger partial charge in [0, 0.05) is 32.1 Å². The lowest BCUT2D eigenvalue weighted by atomic mass is 10.0. The van der Waals surface area contributed by atoms with Crippen LogP contribution in [0.1, 0.15) is 548 Å². The van der Waals surface area contributed by atoms with Gasteiger partial charge in [0.15, 0.2) is 0 Å². The van der Waals surface area contributed by atoms with Crippen molar-refractivity contribution in [2.45, 2.75) is 548 Å². The molecule has 5 N–H and O–H groups in total. The van der Waals surface area contributed by atoms with Gasteiger partial charge < -0.3 is 25.5 Å². The highest BCUT2D eigenvalue weighted by molar-refractivity contribution is 5.67. The summed E-state index contributed by atoms with van der Waals surface area (Å²) in [6, 6.07) is 0. The Hall–Kier alpha value is -2.65.